The van der Waals surface area contributed by atoms with Gasteiger partial charge in [0.25, 0.3) is 0 Å². The van der Waals surface area contributed by atoms with Crippen LogP contribution >= 0.6 is 15.9 Å². The van der Waals surface area contributed by atoms with E-state index >= 15 is 0 Å². The van der Waals surface area contributed by atoms with E-state index in [0.29, 0.717) is 30.3 Å². The molecule has 0 saturated heterocycles. The summed E-state index contributed by atoms with van der Waals surface area (Å²) in [5, 5.41) is 22.0. The van der Waals surface area contributed by atoms with E-state index in [1.807, 2.05) is 0 Å². The minimum atomic E-state index is -0.490. The number of nitro benzene ring substituents is 1. The van der Waals surface area contributed by atoms with Gasteiger partial charge in [-0.1, -0.05) is 21.1 Å². The molecule has 0 bridgehead atoms. The maximum Gasteiger partial charge on any atom is 0.312 e. The summed E-state index contributed by atoms with van der Waals surface area (Å²) in [6, 6.07) is 4.62. The molecule has 0 aromatic heterocycles. The van der Waals surface area contributed by atoms with Crippen molar-refractivity contribution in [2.24, 2.45) is 10.9 Å². The summed E-state index contributed by atoms with van der Waals surface area (Å²) >= 11 is 3.17. The molecular formula is C11H14BrN3O4. The smallest absolute Gasteiger partial charge is 0.312 e. The standard InChI is InChI=1S/C11H14BrN3O4/c12-8-4-5-10(9(7-8)15(17)18)19-6-2-1-3-11(13)14-16/h4-5,7,16H,1-3,6H2,(H2,13,14). The first kappa shape index (κ1) is 15.2. The number of hydrogen-bond acceptors (Lipinski definition) is 5. The van der Waals surface area contributed by atoms with Gasteiger partial charge in [0.1, 0.15) is 5.84 Å². The number of unbranched alkanes of at least 4 members (excludes halogenated alkanes) is 1. The highest BCUT2D eigenvalue weighted by molar-refractivity contribution is 9.10. The lowest BCUT2D eigenvalue weighted by Gasteiger charge is -2.06. The Hall–Kier alpha value is -1.83. The number of oxime groups is 1. The molecule has 0 saturated carbocycles. The van der Waals surface area contributed by atoms with Gasteiger partial charge in [0, 0.05) is 17.0 Å². The molecule has 104 valence electrons. The number of hydrogen-bond donors (Lipinski definition) is 2. The summed E-state index contributed by atoms with van der Waals surface area (Å²) < 4.78 is 5.99. The first-order chi connectivity index (χ1) is 9.04. The summed E-state index contributed by atoms with van der Waals surface area (Å²) in [6.45, 7) is 0.335. The average molecular weight is 332 g/mol. The number of benzene rings is 1. The second-order valence-electron chi connectivity index (χ2n) is 3.77. The van der Waals surface area contributed by atoms with Crippen molar-refractivity contribution in [3.63, 3.8) is 0 Å². The zero-order chi connectivity index (χ0) is 14.3. The van der Waals surface area contributed by atoms with Gasteiger partial charge in [0.15, 0.2) is 5.75 Å². The Kier molecular flexibility index (Phi) is 6.07. The van der Waals surface area contributed by atoms with Gasteiger partial charge >= 0.3 is 5.69 Å². The van der Waals surface area contributed by atoms with Crippen molar-refractivity contribution < 1.29 is 14.9 Å². The summed E-state index contributed by atoms with van der Waals surface area (Å²) in [7, 11) is 0. The van der Waals surface area contributed by atoms with Crippen molar-refractivity contribution in [3.8, 4) is 5.75 Å². The Morgan fingerprint density at radius 3 is 2.89 bits per heavy atom. The van der Waals surface area contributed by atoms with E-state index in [1.54, 1.807) is 12.1 Å². The fraction of sp³-hybridized carbons (Fsp3) is 0.364. The molecule has 3 N–H and O–H groups in total. The number of nitro groups is 1. The van der Waals surface area contributed by atoms with Gasteiger partial charge in [-0.15, -0.1) is 0 Å². The van der Waals surface area contributed by atoms with E-state index in [4.69, 9.17) is 15.7 Å². The third kappa shape index (κ3) is 5.12. The molecule has 19 heavy (non-hydrogen) atoms. The molecular weight excluding hydrogens is 318 g/mol. The molecule has 0 aliphatic carbocycles. The number of nitrogens with two attached hydrogens (primary N) is 1. The Labute approximate surface area is 118 Å². The van der Waals surface area contributed by atoms with Gasteiger partial charge in [-0.2, -0.15) is 0 Å². The quantitative estimate of drug-likeness (QED) is 0.199. The highest BCUT2D eigenvalue weighted by atomic mass is 79.9. The molecule has 1 aromatic carbocycles. The Bertz CT molecular complexity index is 479. The summed E-state index contributed by atoms with van der Waals surface area (Å²) in [5.41, 5.74) is 5.23. The molecule has 7 nitrogen and oxygen atoms in total. The zero-order valence-corrected chi connectivity index (χ0v) is 11.7. The van der Waals surface area contributed by atoms with Crippen molar-refractivity contribution in [1.82, 2.24) is 0 Å². The maximum atomic E-state index is 10.8. The van der Waals surface area contributed by atoms with Crippen molar-refractivity contribution in [2.45, 2.75) is 19.3 Å². The molecule has 0 heterocycles. The van der Waals surface area contributed by atoms with Crippen LogP contribution in [-0.2, 0) is 0 Å². The molecule has 0 amide bonds. The van der Waals surface area contributed by atoms with E-state index in [9.17, 15) is 10.1 Å². The normalized spacial score (nSPS) is 11.3. The van der Waals surface area contributed by atoms with Gasteiger partial charge in [0.05, 0.1) is 11.5 Å². The summed E-state index contributed by atoms with van der Waals surface area (Å²) in [4.78, 5) is 10.3. The highest BCUT2D eigenvalue weighted by Gasteiger charge is 2.15. The predicted molar refractivity (Wildman–Crippen MR) is 73.6 cm³/mol. The van der Waals surface area contributed by atoms with E-state index in [2.05, 4.69) is 21.1 Å². The van der Waals surface area contributed by atoms with E-state index in [0.717, 1.165) is 0 Å². The van der Waals surface area contributed by atoms with Crippen molar-refractivity contribution in [2.75, 3.05) is 6.61 Å². The van der Waals surface area contributed by atoms with E-state index in [1.165, 1.54) is 6.07 Å². The van der Waals surface area contributed by atoms with Gasteiger partial charge in [-0.3, -0.25) is 10.1 Å². The van der Waals surface area contributed by atoms with Gasteiger partial charge in [-0.25, -0.2) is 0 Å². The topological polar surface area (TPSA) is 111 Å². The number of halogens is 1. The van der Waals surface area contributed by atoms with Gasteiger partial charge in [0.2, 0.25) is 0 Å². The van der Waals surface area contributed by atoms with Crippen LogP contribution in [-0.4, -0.2) is 22.6 Å². The molecule has 0 fully saturated rings. The summed E-state index contributed by atoms with van der Waals surface area (Å²) in [5.74, 6) is 0.395. The van der Waals surface area contributed by atoms with Crippen LogP contribution in [0.1, 0.15) is 19.3 Å². The fourth-order valence-corrected chi connectivity index (χ4v) is 1.74. The number of ether oxygens (including phenoxy) is 1. The molecule has 0 spiro atoms. The second-order valence-corrected chi connectivity index (χ2v) is 4.68. The van der Waals surface area contributed by atoms with Crippen LogP contribution in [0.5, 0.6) is 5.75 Å². The van der Waals surface area contributed by atoms with Crippen LogP contribution in [0.25, 0.3) is 0 Å². The molecule has 1 aromatic rings. The Morgan fingerprint density at radius 1 is 1.53 bits per heavy atom. The fourth-order valence-electron chi connectivity index (χ4n) is 1.40. The lowest BCUT2D eigenvalue weighted by molar-refractivity contribution is -0.385. The lowest BCUT2D eigenvalue weighted by atomic mass is 10.2. The molecule has 0 aliphatic rings. The Morgan fingerprint density at radius 2 is 2.26 bits per heavy atom. The molecule has 0 radical (unpaired) electrons. The monoisotopic (exact) mass is 331 g/mol. The predicted octanol–water partition coefficient (Wildman–Crippen LogP) is 2.65. The highest BCUT2D eigenvalue weighted by Crippen LogP contribution is 2.30. The minimum Gasteiger partial charge on any atom is -0.487 e. The minimum absolute atomic E-state index is 0.0780. The molecule has 0 aliphatic heterocycles. The van der Waals surface area contributed by atoms with Crippen LogP contribution < -0.4 is 10.5 Å². The van der Waals surface area contributed by atoms with Crippen LogP contribution in [0.4, 0.5) is 5.69 Å². The van der Waals surface area contributed by atoms with Crippen molar-refractivity contribution in [3.05, 3.63) is 32.8 Å². The second kappa shape index (κ2) is 7.57. The number of rotatable bonds is 7. The van der Waals surface area contributed by atoms with Gasteiger partial charge < -0.3 is 15.7 Å². The van der Waals surface area contributed by atoms with Crippen LogP contribution in [0, 0.1) is 10.1 Å². The van der Waals surface area contributed by atoms with E-state index < -0.39 is 4.92 Å². The van der Waals surface area contributed by atoms with Crippen molar-refractivity contribution >= 4 is 27.5 Å². The molecule has 1 rings (SSSR count). The molecule has 0 unspecified atom stereocenters. The number of amidine groups is 1. The summed E-state index contributed by atoms with van der Waals surface area (Å²) in [6.07, 6.45) is 1.80. The first-order valence-electron chi connectivity index (χ1n) is 5.57. The average Bonchev–Trinajstić information content (AvgIpc) is 2.39. The van der Waals surface area contributed by atoms with E-state index in [-0.39, 0.29) is 17.3 Å². The first-order valence-corrected chi connectivity index (χ1v) is 6.37. The molecule has 8 heteroatoms. The maximum absolute atomic E-state index is 10.8. The Balaban J connectivity index is 2.47. The molecule has 0 atom stereocenters. The third-order valence-electron chi connectivity index (χ3n) is 2.33. The largest absolute Gasteiger partial charge is 0.487 e. The third-order valence-corrected chi connectivity index (χ3v) is 2.82. The van der Waals surface area contributed by atoms with Crippen LogP contribution in [0.2, 0.25) is 0 Å². The van der Waals surface area contributed by atoms with Crippen LogP contribution in [0.15, 0.2) is 27.8 Å². The van der Waals surface area contributed by atoms with Crippen molar-refractivity contribution in [1.29, 1.82) is 0 Å². The van der Waals surface area contributed by atoms with Gasteiger partial charge in [-0.05, 0) is 25.0 Å². The SMILES string of the molecule is NC(CCCCOc1ccc(Br)cc1[N+](=O)[O-])=NO. The van der Waals surface area contributed by atoms with Crippen LogP contribution in [0.3, 0.4) is 0 Å². The number of nitrogens with zero attached hydrogens (tertiary/aromatic N) is 2. The zero-order valence-electron chi connectivity index (χ0n) is 10.1. The lowest BCUT2D eigenvalue weighted by Crippen LogP contribution is -2.11.